The van der Waals surface area contributed by atoms with E-state index >= 15 is 0 Å². The number of nitrogens with two attached hydrogens (primary N) is 1. The molecule has 0 fully saturated rings. The molecule has 3 N–H and O–H groups in total. The minimum absolute atomic E-state index is 0.0545. The van der Waals surface area contributed by atoms with Gasteiger partial charge in [-0.25, -0.2) is 4.57 Å². The van der Waals surface area contributed by atoms with Gasteiger partial charge in [0.15, 0.2) is 6.10 Å². The number of allylic oxidation sites excluding steroid dienone is 4. The van der Waals surface area contributed by atoms with Gasteiger partial charge in [-0.3, -0.25) is 18.6 Å². The van der Waals surface area contributed by atoms with Gasteiger partial charge in [-0.1, -0.05) is 237 Å². The van der Waals surface area contributed by atoms with Crippen molar-refractivity contribution in [2.45, 2.75) is 296 Å². The highest BCUT2D eigenvalue weighted by molar-refractivity contribution is 7.47. The Morgan fingerprint density at radius 3 is 1.08 bits per heavy atom. The molecule has 0 aliphatic heterocycles. The first kappa shape index (κ1) is 64.5. The molecule has 0 amide bonds. The molecule has 0 aromatic heterocycles. The van der Waals surface area contributed by atoms with Crippen LogP contribution >= 0.6 is 7.82 Å². The molecule has 9 nitrogen and oxygen atoms in total. The number of esters is 2. The van der Waals surface area contributed by atoms with Gasteiger partial charge in [0.2, 0.25) is 0 Å². The molecule has 0 aliphatic carbocycles. The normalized spacial score (nSPS) is 13.2. The Hall–Kier alpha value is -1.51. The highest BCUT2D eigenvalue weighted by Gasteiger charge is 2.26. The Morgan fingerprint density at radius 1 is 0.439 bits per heavy atom. The predicted octanol–water partition coefficient (Wildman–Crippen LogP) is 17.5. The van der Waals surface area contributed by atoms with Crippen LogP contribution in [0.25, 0.3) is 0 Å². The minimum atomic E-state index is -4.38. The smallest absolute Gasteiger partial charge is 0.462 e. The number of carbonyl (C=O) groups is 2. The fraction of sp³-hybridized carbons (Fsp3) is 0.893. The summed E-state index contributed by atoms with van der Waals surface area (Å²) in [7, 11) is -4.38. The van der Waals surface area contributed by atoms with Crippen LogP contribution in [0.5, 0.6) is 0 Å². The molecule has 390 valence electrons. The van der Waals surface area contributed by atoms with E-state index in [2.05, 4.69) is 38.2 Å². The summed E-state index contributed by atoms with van der Waals surface area (Å²) >= 11 is 0. The van der Waals surface area contributed by atoms with Gasteiger partial charge in [-0.15, -0.1) is 0 Å². The lowest BCUT2D eigenvalue weighted by atomic mass is 10.0. The molecule has 0 saturated heterocycles. The van der Waals surface area contributed by atoms with Crippen LogP contribution < -0.4 is 5.73 Å². The molecule has 0 radical (unpaired) electrons. The van der Waals surface area contributed by atoms with Crippen LogP contribution in [0.2, 0.25) is 0 Å². The Bertz CT molecular complexity index is 1130. The Morgan fingerprint density at radius 2 is 0.742 bits per heavy atom. The summed E-state index contributed by atoms with van der Waals surface area (Å²) in [6, 6.07) is 0. The zero-order valence-corrected chi connectivity index (χ0v) is 44.3. The first-order valence-corrected chi connectivity index (χ1v) is 29.8. The summed E-state index contributed by atoms with van der Waals surface area (Å²) in [4.78, 5) is 35.1. The van der Waals surface area contributed by atoms with Gasteiger partial charge in [0.05, 0.1) is 13.2 Å². The predicted molar refractivity (Wildman–Crippen MR) is 280 cm³/mol. The van der Waals surface area contributed by atoms with Crippen molar-refractivity contribution in [2.24, 2.45) is 5.73 Å². The molecule has 66 heavy (non-hydrogen) atoms. The molecule has 2 unspecified atom stereocenters. The van der Waals surface area contributed by atoms with E-state index in [-0.39, 0.29) is 38.6 Å². The van der Waals surface area contributed by atoms with Crippen molar-refractivity contribution in [1.82, 2.24) is 0 Å². The highest BCUT2D eigenvalue weighted by atomic mass is 31.2. The first-order valence-electron chi connectivity index (χ1n) is 28.3. The molecule has 0 rings (SSSR count). The summed E-state index contributed by atoms with van der Waals surface area (Å²) in [5.74, 6) is -0.824. The number of unbranched alkanes of at least 4 members (excludes halogenated alkanes) is 37. The molecule has 0 aliphatic rings. The first-order chi connectivity index (χ1) is 32.3. The maximum Gasteiger partial charge on any atom is 0.472 e. The van der Waals surface area contributed by atoms with Crippen molar-refractivity contribution in [2.75, 3.05) is 26.4 Å². The molecule has 0 spiro atoms. The second kappa shape index (κ2) is 52.9. The Kier molecular flexibility index (Phi) is 51.6. The number of hydrogen-bond acceptors (Lipinski definition) is 8. The topological polar surface area (TPSA) is 134 Å². The van der Waals surface area contributed by atoms with Crippen LogP contribution in [0.1, 0.15) is 290 Å². The van der Waals surface area contributed by atoms with E-state index in [4.69, 9.17) is 24.3 Å². The summed E-state index contributed by atoms with van der Waals surface area (Å²) in [6.07, 6.45) is 61.0. The van der Waals surface area contributed by atoms with Gasteiger partial charge in [0.25, 0.3) is 0 Å². The molecular formula is C56H108NO8P. The van der Waals surface area contributed by atoms with E-state index in [0.29, 0.717) is 6.42 Å². The van der Waals surface area contributed by atoms with E-state index in [1.807, 2.05) is 0 Å². The molecular weight excluding hydrogens is 846 g/mol. The number of rotatable bonds is 54. The van der Waals surface area contributed by atoms with Gasteiger partial charge in [-0.2, -0.15) is 0 Å². The third-order valence-electron chi connectivity index (χ3n) is 12.6. The third-order valence-corrected chi connectivity index (χ3v) is 13.5. The molecule has 0 bridgehead atoms. The number of ether oxygens (including phenoxy) is 2. The van der Waals surface area contributed by atoms with Crippen molar-refractivity contribution in [1.29, 1.82) is 0 Å². The molecule has 2 atom stereocenters. The summed E-state index contributed by atoms with van der Waals surface area (Å²) < 4.78 is 32.9. The molecule has 0 heterocycles. The SMILES string of the molecule is CCCCCCC/C=C\CCCCCCCC(=O)OCC(COP(=O)(O)OCCN)OC(=O)CCCCCCCCCCCCCCCCCCCCC/C=C\CCCCCCCCCC. The van der Waals surface area contributed by atoms with E-state index in [9.17, 15) is 19.0 Å². The summed E-state index contributed by atoms with van der Waals surface area (Å²) in [5, 5.41) is 0. The van der Waals surface area contributed by atoms with Crippen LogP contribution in [0.4, 0.5) is 0 Å². The van der Waals surface area contributed by atoms with Crippen LogP contribution in [0, 0.1) is 0 Å². The maximum absolute atomic E-state index is 12.7. The summed E-state index contributed by atoms with van der Waals surface area (Å²) in [6.45, 7) is 3.76. The fourth-order valence-corrected chi connectivity index (χ4v) is 9.10. The van der Waals surface area contributed by atoms with Gasteiger partial charge in [0, 0.05) is 19.4 Å². The number of phosphoric ester groups is 1. The summed E-state index contributed by atoms with van der Waals surface area (Å²) in [5.41, 5.74) is 5.37. The van der Waals surface area contributed by atoms with Crippen LogP contribution in [0.15, 0.2) is 24.3 Å². The maximum atomic E-state index is 12.7. The molecule has 0 aromatic carbocycles. The highest BCUT2D eigenvalue weighted by Crippen LogP contribution is 2.43. The van der Waals surface area contributed by atoms with Gasteiger partial charge < -0.3 is 20.1 Å². The van der Waals surface area contributed by atoms with Gasteiger partial charge in [-0.05, 0) is 64.2 Å². The van der Waals surface area contributed by atoms with Crippen molar-refractivity contribution in [3.05, 3.63) is 24.3 Å². The van der Waals surface area contributed by atoms with E-state index < -0.39 is 26.5 Å². The van der Waals surface area contributed by atoms with E-state index in [1.165, 1.54) is 205 Å². The fourth-order valence-electron chi connectivity index (χ4n) is 8.33. The number of hydrogen-bond donors (Lipinski definition) is 2. The minimum Gasteiger partial charge on any atom is -0.462 e. The molecule has 0 aromatic rings. The van der Waals surface area contributed by atoms with Crippen LogP contribution in [-0.4, -0.2) is 49.3 Å². The average Bonchev–Trinajstić information content (AvgIpc) is 3.31. The zero-order valence-electron chi connectivity index (χ0n) is 43.5. The quantitative estimate of drug-likeness (QED) is 0.0264. The largest absolute Gasteiger partial charge is 0.472 e. The van der Waals surface area contributed by atoms with Gasteiger partial charge in [0.1, 0.15) is 6.61 Å². The number of phosphoric acid groups is 1. The average molecular weight is 954 g/mol. The van der Waals surface area contributed by atoms with Crippen molar-refractivity contribution < 1.29 is 37.6 Å². The zero-order chi connectivity index (χ0) is 48.1. The number of carbonyl (C=O) groups excluding carboxylic acids is 2. The lowest BCUT2D eigenvalue weighted by molar-refractivity contribution is -0.161. The second-order valence-electron chi connectivity index (χ2n) is 19.2. The van der Waals surface area contributed by atoms with Crippen LogP contribution in [0.3, 0.4) is 0 Å². The lowest BCUT2D eigenvalue weighted by Crippen LogP contribution is -2.29. The van der Waals surface area contributed by atoms with Crippen molar-refractivity contribution in [3.63, 3.8) is 0 Å². The van der Waals surface area contributed by atoms with Crippen molar-refractivity contribution in [3.8, 4) is 0 Å². The van der Waals surface area contributed by atoms with Gasteiger partial charge >= 0.3 is 19.8 Å². The molecule has 10 heteroatoms. The third kappa shape index (κ3) is 51.9. The Labute approximate surface area is 408 Å². The van der Waals surface area contributed by atoms with Crippen LogP contribution in [-0.2, 0) is 32.7 Å². The second-order valence-corrected chi connectivity index (χ2v) is 20.6. The standard InChI is InChI=1S/C56H108NO8P/c1-3-5-7-9-11-13-15-17-19-20-21-22-23-24-25-26-27-28-29-30-31-32-33-34-35-37-39-41-43-45-47-49-56(59)65-54(53-64-66(60,61)63-51-50-57)52-62-55(58)48-46-44-42-40-38-36-18-16-14-12-10-8-6-4-2/h16,18,20-21,54H,3-15,17,19,22-53,57H2,1-2H3,(H,60,61)/b18-16-,21-20-. The Balaban J connectivity index is 3.86. The monoisotopic (exact) mass is 954 g/mol. The van der Waals surface area contributed by atoms with E-state index in [0.717, 1.165) is 51.4 Å². The van der Waals surface area contributed by atoms with Crippen molar-refractivity contribution >= 4 is 19.8 Å². The van der Waals surface area contributed by atoms with E-state index in [1.54, 1.807) is 0 Å². The lowest BCUT2D eigenvalue weighted by Gasteiger charge is -2.19. The molecule has 0 saturated carbocycles.